The molecule has 1 aliphatic rings. The summed E-state index contributed by atoms with van der Waals surface area (Å²) in [5, 5.41) is 11.9. The van der Waals surface area contributed by atoms with Crippen LogP contribution >= 0.6 is 0 Å². The van der Waals surface area contributed by atoms with Crippen LogP contribution in [0.1, 0.15) is 24.5 Å². The van der Waals surface area contributed by atoms with Gasteiger partial charge in [-0.1, -0.05) is 6.07 Å². The summed E-state index contributed by atoms with van der Waals surface area (Å²) < 4.78 is 0. The Morgan fingerprint density at radius 2 is 2.17 bits per heavy atom. The number of aliphatic hydroxyl groups is 1. The van der Waals surface area contributed by atoms with Crippen LogP contribution in [-0.2, 0) is 12.8 Å². The van der Waals surface area contributed by atoms with Gasteiger partial charge in [0.25, 0.3) is 0 Å². The number of carbonyl (C=O) groups is 1. The lowest BCUT2D eigenvalue weighted by Gasteiger charge is -2.23. The fraction of sp³-hybridized carbons (Fsp3) is 0.500. The summed E-state index contributed by atoms with van der Waals surface area (Å²) in [5.74, 6) is 0. The molecule has 0 bridgehead atoms. The van der Waals surface area contributed by atoms with Gasteiger partial charge in [0, 0.05) is 12.7 Å². The standard InChI is InChI=1S/C14H20N2O2/c1-10(9-17)16(2)14(18)15-13-7-6-11-4-3-5-12(11)8-13/h6-8,10,17H,3-5,9H2,1-2H3,(H,15,18). The first kappa shape index (κ1) is 12.9. The maximum Gasteiger partial charge on any atom is 0.321 e. The summed E-state index contributed by atoms with van der Waals surface area (Å²) in [6, 6.07) is 5.72. The van der Waals surface area contributed by atoms with Gasteiger partial charge in [0.05, 0.1) is 12.6 Å². The van der Waals surface area contributed by atoms with Crippen molar-refractivity contribution < 1.29 is 9.90 Å². The highest BCUT2D eigenvalue weighted by Gasteiger charge is 2.16. The van der Waals surface area contributed by atoms with Crippen molar-refractivity contribution in [1.82, 2.24) is 4.90 Å². The second kappa shape index (κ2) is 5.40. The first-order chi connectivity index (χ1) is 8.61. The van der Waals surface area contributed by atoms with Gasteiger partial charge < -0.3 is 15.3 Å². The Labute approximate surface area is 108 Å². The summed E-state index contributed by atoms with van der Waals surface area (Å²) in [6.45, 7) is 1.77. The zero-order valence-corrected chi connectivity index (χ0v) is 10.9. The number of nitrogens with zero attached hydrogens (tertiary/aromatic N) is 1. The second-order valence-electron chi connectivity index (χ2n) is 4.91. The van der Waals surface area contributed by atoms with Gasteiger partial charge in [-0.3, -0.25) is 0 Å². The lowest BCUT2D eigenvalue weighted by atomic mass is 10.1. The Morgan fingerprint density at radius 1 is 1.44 bits per heavy atom. The molecule has 2 amide bonds. The molecule has 0 saturated heterocycles. The zero-order chi connectivity index (χ0) is 13.1. The number of carbonyl (C=O) groups excluding carboxylic acids is 1. The molecule has 0 saturated carbocycles. The number of aryl methyl sites for hydroxylation is 2. The van der Waals surface area contributed by atoms with Crippen LogP contribution in [0.15, 0.2) is 18.2 Å². The third-order valence-corrected chi connectivity index (χ3v) is 3.60. The van der Waals surface area contributed by atoms with Gasteiger partial charge in [-0.2, -0.15) is 0 Å². The van der Waals surface area contributed by atoms with Gasteiger partial charge in [0.2, 0.25) is 0 Å². The van der Waals surface area contributed by atoms with Crippen molar-refractivity contribution in [1.29, 1.82) is 0 Å². The van der Waals surface area contributed by atoms with Crippen LogP contribution in [0.3, 0.4) is 0 Å². The number of likely N-dealkylation sites (N-methyl/N-ethyl adjacent to an activating group) is 1. The van der Waals surface area contributed by atoms with E-state index < -0.39 is 0 Å². The molecule has 0 fully saturated rings. The van der Waals surface area contributed by atoms with Crippen LogP contribution in [0.2, 0.25) is 0 Å². The van der Waals surface area contributed by atoms with E-state index in [9.17, 15) is 4.79 Å². The van der Waals surface area contributed by atoms with Gasteiger partial charge in [-0.05, 0) is 49.4 Å². The van der Waals surface area contributed by atoms with Crippen LogP contribution in [0.25, 0.3) is 0 Å². The quantitative estimate of drug-likeness (QED) is 0.860. The Morgan fingerprint density at radius 3 is 2.89 bits per heavy atom. The molecule has 0 spiro atoms. The maximum absolute atomic E-state index is 11.9. The van der Waals surface area contributed by atoms with Gasteiger partial charge >= 0.3 is 6.03 Å². The van der Waals surface area contributed by atoms with E-state index in [0.717, 1.165) is 18.5 Å². The molecule has 18 heavy (non-hydrogen) atoms. The van der Waals surface area contributed by atoms with E-state index in [1.54, 1.807) is 7.05 Å². The number of nitrogens with one attached hydrogen (secondary N) is 1. The molecule has 1 atom stereocenters. The Bertz CT molecular complexity index is 445. The average Bonchev–Trinajstić information content (AvgIpc) is 2.84. The summed E-state index contributed by atoms with van der Waals surface area (Å²) in [5.41, 5.74) is 3.56. The van der Waals surface area contributed by atoms with E-state index in [2.05, 4.69) is 17.4 Å². The first-order valence-corrected chi connectivity index (χ1v) is 6.38. The maximum atomic E-state index is 11.9. The topological polar surface area (TPSA) is 52.6 Å². The number of hydrogen-bond donors (Lipinski definition) is 2. The van der Waals surface area contributed by atoms with Crippen LogP contribution in [0.5, 0.6) is 0 Å². The molecule has 0 aromatic heterocycles. The first-order valence-electron chi connectivity index (χ1n) is 6.38. The minimum absolute atomic E-state index is 0.0336. The molecular formula is C14H20N2O2. The third kappa shape index (κ3) is 2.64. The Hall–Kier alpha value is -1.55. The molecular weight excluding hydrogens is 228 g/mol. The smallest absolute Gasteiger partial charge is 0.321 e. The van der Waals surface area contributed by atoms with E-state index >= 15 is 0 Å². The highest BCUT2D eigenvalue weighted by molar-refractivity contribution is 5.89. The molecule has 4 nitrogen and oxygen atoms in total. The largest absolute Gasteiger partial charge is 0.394 e. The third-order valence-electron chi connectivity index (χ3n) is 3.60. The fourth-order valence-corrected chi connectivity index (χ4v) is 2.18. The molecule has 2 rings (SSSR count). The number of aliphatic hydroxyl groups excluding tert-OH is 1. The second-order valence-corrected chi connectivity index (χ2v) is 4.91. The zero-order valence-electron chi connectivity index (χ0n) is 10.9. The monoisotopic (exact) mass is 248 g/mol. The average molecular weight is 248 g/mol. The SMILES string of the molecule is CC(CO)N(C)C(=O)Nc1ccc2c(c1)CCC2. The highest BCUT2D eigenvalue weighted by Crippen LogP contribution is 2.25. The highest BCUT2D eigenvalue weighted by atomic mass is 16.3. The van der Waals surface area contributed by atoms with E-state index in [1.807, 2.05) is 13.0 Å². The van der Waals surface area contributed by atoms with Crippen molar-refractivity contribution in [3.8, 4) is 0 Å². The Balaban J connectivity index is 2.03. The molecule has 98 valence electrons. The molecule has 0 heterocycles. The number of anilines is 1. The normalized spacial score (nSPS) is 15.1. The molecule has 1 aliphatic carbocycles. The van der Waals surface area contributed by atoms with E-state index in [4.69, 9.17) is 5.11 Å². The molecule has 1 aromatic rings. The number of hydrogen-bond acceptors (Lipinski definition) is 2. The predicted octanol–water partition coefficient (Wildman–Crippen LogP) is 2.02. The van der Waals surface area contributed by atoms with E-state index in [0.29, 0.717) is 0 Å². The van der Waals surface area contributed by atoms with Crippen molar-refractivity contribution >= 4 is 11.7 Å². The van der Waals surface area contributed by atoms with Crippen molar-refractivity contribution in [2.24, 2.45) is 0 Å². The van der Waals surface area contributed by atoms with Crippen LogP contribution in [0.4, 0.5) is 10.5 Å². The lowest BCUT2D eigenvalue weighted by molar-refractivity contribution is 0.166. The Kier molecular flexibility index (Phi) is 3.87. The summed E-state index contributed by atoms with van der Waals surface area (Å²) in [4.78, 5) is 13.4. The minimum Gasteiger partial charge on any atom is -0.394 e. The van der Waals surface area contributed by atoms with Gasteiger partial charge in [0.15, 0.2) is 0 Å². The van der Waals surface area contributed by atoms with Crippen molar-refractivity contribution in [2.75, 3.05) is 19.0 Å². The molecule has 1 unspecified atom stereocenters. The van der Waals surface area contributed by atoms with Crippen molar-refractivity contribution in [3.63, 3.8) is 0 Å². The van der Waals surface area contributed by atoms with Crippen LogP contribution in [0, 0.1) is 0 Å². The molecule has 4 heteroatoms. The van der Waals surface area contributed by atoms with Crippen LogP contribution in [-0.4, -0.2) is 35.7 Å². The lowest BCUT2D eigenvalue weighted by Crippen LogP contribution is -2.40. The minimum atomic E-state index is -0.186. The number of amides is 2. The van der Waals surface area contributed by atoms with Crippen molar-refractivity contribution in [2.45, 2.75) is 32.2 Å². The molecule has 2 N–H and O–H groups in total. The summed E-state index contributed by atoms with van der Waals surface area (Å²) in [6.07, 6.45) is 3.45. The number of fused-ring (bicyclic) bond motifs is 1. The van der Waals surface area contributed by atoms with Gasteiger partial charge in [0.1, 0.15) is 0 Å². The molecule has 0 radical (unpaired) electrons. The van der Waals surface area contributed by atoms with E-state index in [-0.39, 0.29) is 18.7 Å². The summed E-state index contributed by atoms with van der Waals surface area (Å²) in [7, 11) is 1.68. The van der Waals surface area contributed by atoms with Gasteiger partial charge in [-0.25, -0.2) is 4.79 Å². The predicted molar refractivity (Wildman–Crippen MR) is 71.8 cm³/mol. The molecule has 1 aromatic carbocycles. The van der Waals surface area contributed by atoms with E-state index in [1.165, 1.54) is 22.4 Å². The van der Waals surface area contributed by atoms with Crippen molar-refractivity contribution in [3.05, 3.63) is 29.3 Å². The molecule has 0 aliphatic heterocycles. The van der Waals surface area contributed by atoms with Crippen LogP contribution < -0.4 is 5.32 Å². The summed E-state index contributed by atoms with van der Waals surface area (Å²) >= 11 is 0. The number of benzene rings is 1. The number of rotatable bonds is 3. The number of urea groups is 1. The van der Waals surface area contributed by atoms with Gasteiger partial charge in [-0.15, -0.1) is 0 Å². The fourth-order valence-electron chi connectivity index (χ4n) is 2.18.